The third-order valence-electron chi connectivity index (χ3n) is 1.37. The van der Waals surface area contributed by atoms with Crippen molar-refractivity contribution < 1.29 is 17.9 Å². The van der Waals surface area contributed by atoms with Crippen LogP contribution in [0, 0.1) is 10.7 Å². The summed E-state index contributed by atoms with van der Waals surface area (Å²) in [6, 6.07) is 3.75. The van der Waals surface area contributed by atoms with E-state index in [0.29, 0.717) is 4.90 Å². The molecule has 0 aliphatic rings. The van der Waals surface area contributed by atoms with Crippen molar-refractivity contribution in [1.82, 2.24) is 0 Å². The average molecular weight is 234 g/mol. The molecule has 0 saturated carbocycles. The van der Waals surface area contributed by atoms with Gasteiger partial charge in [-0.3, -0.25) is 0 Å². The highest BCUT2D eigenvalue weighted by molar-refractivity contribution is 8.03. The van der Waals surface area contributed by atoms with E-state index in [1.54, 1.807) is 5.40 Å². The highest BCUT2D eigenvalue weighted by Crippen LogP contribution is 2.32. The Labute approximate surface area is 87.6 Å². The molecule has 0 unspecified atom stereocenters. The summed E-state index contributed by atoms with van der Waals surface area (Å²) < 4.78 is 39.3. The first-order valence-corrected chi connectivity index (χ1v) is 4.45. The highest BCUT2D eigenvalue weighted by Gasteiger charge is 2.32. The second kappa shape index (κ2) is 4.31. The van der Waals surface area contributed by atoms with Crippen molar-refractivity contribution in [3.63, 3.8) is 0 Å². The van der Waals surface area contributed by atoms with Gasteiger partial charge in [0.15, 0.2) is 5.75 Å². The Morgan fingerprint density at radius 1 is 1.40 bits per heavy atom. The van der Waals surface area contributed by atoms with Crippen LogP contribution < -0.4 is 10.5 Å². The Morgan fingerprint density at radius 2 is 2.07 bits per heavy atom. The molecule has 1 aromatic rings. The Bertz CT molecular complexity index is 400. The molecule has 0 atom stereocenters. The third kappa shape index (κ3) is 3.59. The van der Waals surface area contributed by atoms with Crippen molar-refractivity contribution in [2.45, 2.75) is 11.3 Å². The molecule has 0 aromatic heterocycles. The number of hydrogen-bond acceptors (Lipinski definition) is 4. The van der Waals surface area contributed by atoms with E-state index >= 15 is 0 Å². The number of ether oxygens (including phenoxy) is 1. The van der Waals surface area contributed by atoms with E-state index in [1.165, 1.54) is 12.1 Å². The highest BCUT2D eigenvalue weighted by atomic mass is 32.2. The lowest BCUT2D eigenvalue weighted by Crippen LogP contribution is -2.18. The number of hydrogen-bond donors (Lipinski definition) is 1. The number of nitriles is 1. The van der Waals surface area contributed by atoms with Gasteiger partial charge in [-0.2, -0.15) is 5.26 Å². The molecule has 2 N–H and O–H groups in total. The summed E-state index contributed by atoms with van der Waals surface area (Å²) in [6.07, 6.45) is -4.79. The first kappa shape index (κ1) is 11.5. The quantitative estimate of drug-likeness (QED) is 0.485. The van der Waals surface area contributed by atoms with Gasteiger partial charge in [0.25, 0.3) is 0 Å². The molecule has 0 bridgehead atoms. The summed E-state index contributed by atoms with van der Waals surface area (Å²) in [6.45, 7) is 0. The lowest BCUT2D eigenvalue weighted by molar-refractivity contribution is -0.274. The van der Waals surface area contributed by atoms with E-state index in [1.807, 2.05) is 0 Å². The molecule has 0 aliphatic carbocycles. The number of nitrogen functional groups attached to an aromatic ring is 1. The number of thioether (sulfide) groups is 1. The van der Waals surface area contributed by atoms with E-state index in [9.17, 15) is 13.2 Å². The number of rotatable bonds is 2. The van der Waals surface area contributed by atoms with Crippen LogP contribution in [0.25, 0.3) is 0 Å². The lowest BCUT2D eigenvalue weighted by atomic mass is 10.3. The van der Waals surface area contributed by atoms with Crippen LogP contribution in [0.1, 0.15) is 0 Å². The van der Waals surface area contributed by atoms with Crippen molar-refractivity contribution in [3.8, 4) is 11.2 Å². The van der Waals surface area contributed by atoms with Gasteiger partial charge in [-0.15, -0.1) is 13.2 Å². The summed E-state index contributed by atoms with van der Waals surface area (Å²) in [5.41, 5.74) is 5.15. The maximum Gasteiger partial charge on any atom is 0.573 e. The Balaban J connectivity index is 2.96. The van der Waals surface area contributed by atoms with Crippen LogP contribution >= 0.6 is 11.8 Å². The zero-order valence-electron chi connectivity index (χ0n) is 7.21. The minimum atomic E-state index is -4.79. The predicted octanol–water partition coefficient (Wildman–Crippen LogP) is 2.74. The number of thiocyanates is 1. The SMILES string of the molecule is N#CSc1ccc(N)c(OC(F)(F)F)c1. The maximum absolute atomic E-state index is 11.9. The minimum absolute atomic E-state index is 0.130. The summed E-state index contributed by atoms with van der Waals surface area (Å²) in [4.78, 5) is 0.339. The molecule has 15 heavy (non-hydrogen) atoms. The van der Waals surface area contributed by atoms with Gasteiger partial charge in [0.1, 0.15) is 5.40 Å². The topological polar surface area (TPSA) is 59.0 Å². The number of nitrogens with two attached hydrogens (primary N) is 1. The molecule has 1 rings (SSSR count). The van der Waals surface area contributed by atoms with Gasteiger partial charge in [-0.05, 0) is 30.0 Å². The van der Waals surface area contributed by atoms with E-state index in [0.717, 1.165) is 17.8 Å². The van der Waals surface area contributed by atoms with Crippen molar-refractivity contribution in [1.29, 1.82) is 5.26 Å². The van der Waals surface area contributed by atoms with Gasteiger partial charge < -0.3 is 10.5 Å². The van der Waals surface area contributed by atoms with Crippen LogP contribution in [0.2, 0.25) is 0 Å². The predicted molar refractivity (Wildman–Crippen MR) is 49.0 cm³/mol. The van der Waals surface area contributed by atoms with E-state index in [2.05, 4.69) is 4.74 Å². The van der Waals surface area contributed by atoms with E-state index < -0.39 is 12.1 Å². The fourth-order valence-electron chi connectivity index (χ4n) is 0.844. The first-order valence-electron chi connectivity index (χ1n) is 3.63. The summed E-state index contributed by atoms with van der Waals surface area (Å²) in [5.74, 6) is -0.497. The molecule has 1 aromatic carbocycles. The van der Waals surface area contributed by atoms with Gasteiger partial charge in [0.05, 0.1) is 5.69 Å². The van der Waals surface area contributed by atoms with Crippen molar-refractivity contribution in [2.24, 2.45) is 0 Å². The monoisotopic (exact) mass is 234 g/mol. The molecule has 3 nitrogen and oxygen atoms in total. The summed E-state index contributed by atoms with van der Waals surface area (Å²) in [5, 5.41) is 10.1. The third-order valence-corrected chi connectivity index (χ3v) is 1.96. The number of benzene rings is 1. The molecule has 7 heteroatoms. The van der Waals surface area contributed by atoms with Gasteiger partial charge in [-0.25, -0.2) is 0 Å². The number of alkyl halides is 3. The van der Waals surface area contributed by atoms with Gasteiger partial charge in [0.2, 0.25) is 0 Å². The lowest BCUT2D eigenvalue weighted by Gasteiger charge is -2.11. The molecule has 0 fully saturated rings. The summed E-state index contributed by atoms with van der Waals surface area (Å²) >= 11 is 0.727. The van der Waals surface area contributed by atoms with Gasteiger partial charge in [-0.1, -0.05) is 0 Å². The minimum Gasteiger partial charge on any atom is -0.404 e. The number of nitrogens with zero attached hydrogens (tertiary/aromatic N) is 1. The first-order chi connectivity index (χ1) is 6.92. The van der Waals surface area contributed by atoms with Crippen molar-refractivity contribution in [3.05, 3.63) is 18.2 Å². The Kier molecular flexibility index (Phi) is 3.31. The molecule has 80 valence electrons. The van der Waals surface area contributed by atoms with E-state index in [4.69, 9.17) is 11.0 Å². The van der Waals surface area contributed by atoms with Crippen molar-refractivity contribution >= 4 is 17.4 Å². The average Bonchev–Trinajstić information content (AvgIpc) is 2.09. The largest absolute Gasteiger partial charge is 0.573 e. The van der Waals surface area contributed by atoms with Crippen LogP contribution in [0.4, 0.5) is 18.9 Å². The Hall–Kier alpha value is -1.55. The van der Waals surface area contributed by atoms with Crippen LogP contribution in [0.15, 0.2) is 23.1 Å². The standard InChI is InChI=1S/C8H5F3N2OS/c9-8(10,11)14-7-3-5(15-4-12)1-2-6(7)13/h1-3H,13H2. The Morgan fingerprint density at radius 3 is 2.60 bits per heavy atom. The molecule has 0 aliphatic heterocycles. The van der Waals surface area contributed by atoms with Crippen LogP contribution in [0.5, 0.6) is 5.75 Å². The second-order valence-electron chi connectivity index (χ2n) is 2.44. The maximum atomic E-state index is 11.9. The van der Waals surface area contributed by atoms with Crippen LogP contribution in [0.3, 0.4) is 0 Å². The fraction of sp³-hybridized carbons (Fsp3) is 0.125. The molecular formula is C8H5F3N2OS. The molecule has 0 heterocycles. The normalized spacial score (nSPS) is 10.8. The molecule has 0 radical (unpaired) electrons. The molecule has 0 saturated heterocycles. The molecule has 0 amide bonds. The molecule has 0 spiro atoms. The smallest absolute Gasteiger partial charge is 0.404 e. The van der Waals surface area contributed by atoms with Crippen LogP contribution in [-0.2, 0) is 0 Å². The zero-order valence-corrected chi connectivity index (χ0v) is 8.02. The van der Waals surface area contributed by atoms with Crippen LogP contribution in [-0.4, -0.2) is 6.36 Å². The van der Waals surface area contributed by atoms with Gasteiger partial charge in [0, 0.05) is 4.90 Å². The number of anilines is 1. The van der Waals surface area contributed by atoms with Gasteiger partial charge >= 0.3 is 6.36 Å². The second-order valence-corrected chi connectivity index (χ2v) is 3.30. The van der Waals surface area contributed by atoms with Crippen molar-refractivity contribution in [2.75, 3.05) is 5.73 Å². The zero-order chi connectivity index (χ0) is 11.5. The number of halogens is 3. The van der Waals surface area contributed by atoms with E-state index in [-0.39, 0.29) is 5.69 Å². The summed E-state index contributed by atoms with van der Waals surface area (Å²) in [7, 11) is 0. The fourth-order valence-corrected chi connectivity index (χ4v) is 1.25. The molecular weight excluding hydrogens is 229 g/mol.